The van der Waals surface area contributed by atoms with Crippen molar-refractivity contribution in [3.05, 3.63) is 122 Å². The topological polar surface area (TPSA) is 78.9 Å². The third-order valence-electron chi connectivity index (χ3n) is 12.4. The molecule has 1 unspecified atom stereocenters. The van der Waals surface area contributed by atoms with Gasteiger partial charge in [-0.15, -0.1) is 0 Å². The van der Waals surface area contributed by atoms with Gasteiger partial charge in [0.05, 0.1) is 0 Å². The molecule has 0 fully saturated rings. The number of ether oxygens (including phenoxy) is 3. The molecule has 0 saturated heterocycles. The molecule has 0 radical (unpaired) electrons. The maximum Gasteiger partial charge on any atom is 0.306 e. The molecule has 0 aliphatic carbocycles. The molecular formula is C67H110O6. The van der Waals surface area contributed by atoms with Crippen LogP contribution in [0.1, 0.15) is 265 Å². The minimum absolute atomic E-state index is 0.0932. The van der Waals surface area contributed by atoms with Gasteiger partial charge >= 0.3 is 17.9 Å². The number of unbranched alkanes of at least 4 members (excludes halogenated alkanes) is 22. The molecule has 414 valence electrons. The Morgan fingerprint density at radius 1 is 0.288 bits per heavy atom. The summed E-state index contributed by atoms with van der Waals surface area (Å²) in [4.78, 5) is 38.2. The second-order valence-corrected chi connectivity index (χ2v) is 19.5. The van der Waals surface area contributed by atoms with Gasteiger partial charge in [0, 0.05) is 19.3 Å². The number of rotatable bonds is 53. The number of allylic oxidation sites excluding steroid dienone is 20. The second kappa shape index (κ2) is 60.4. The van der Waals surface area contributed by atoms with Gasteiger partial charge in [0.2, 0.25) is 0 Å². The molecular weight excluding hydrogens is 901 g/mol. The number of esters is 3. The molecule has 0 aromatic carbocycles. The zero-order valence-corrected chi connectivity index (χ0v) is 47.4. The molecule has 0 N–H and O–H groups in total. The highest BCUT2D eigenvalue weighted by atomic mass is 16.6. The van der Waals surface area contributed by atoms with Crippen molar-refractivity contribution in [1.82, 2.24) is 0 Å². The second-order valence-electron chi connectivity index (χ2n) is 19.5. The van der Waals surface area contributed by atoms with Crippen molar-refractivity contribution in [2.75, 3.05) is 13.2 Å². The van der Waals surface area contributed by atoms with Crippen molar-refractivity contribution < 1.29 is 28.6 Å². The normalized spacial score (nSPS) is 13.0. The van der Waals surface area contributed by atoms with Gasteiger partial charge in [0.15, 0.2) is 6.10 Å². The fourth-order valence-corrected chi connectivity index (χ4v) is 7.99. The fraction of sp³-hybridized carbons (Fsp3) is 0.657. The van der Waals surface area contributed by atoms with Crippen LogP contribution in [-0.2, 0) is 28.6 Å². The predicted octanol–water partition coefficient (Wildman–Crippen LogP) is 20.4. The van der Waals surface area contributed by atoms with Crippen LogP contribution in [0.25, 0.3) is 0 Å². The highest BCUT2D eigenvalue weighted by Gasteiger charge is 2.19. The molecule has 0 spiro atoms. The van der Waals surface area contributed by atoms with Crippen LogP contribution < -0.4 is 0 Å². The monoisotopic (exact) mass is 1010 g/mol. The van der Waals surface area contributed by atoms with E-state index in [9.17, 15) is 14.4 Å². The van der Waals surface area contributed by atoms with Crippen molar-refractivity contribution in [1.29, 1.82) is 0 Å². The SMILES string of the molecule is CC/C=C\C/C=C\C/C=C\C/C=C\CCCCCCCCCCCCC(=O)OCC(COC(=O)CCCCCCC/C=C\C/C=C\CCC)OC(=O)CCCCCCCC/C=C\C/C=C\C/C=C\C/C=C\CC. The Balaban J connectivity index is 4.39. The van der Waals surface area contributed by atoms with Crippen LogP contribution in [-0.4, -0.2) is 37.2 Å². The molecule has 0 amide bonds. The average molecular weight is 1010 g/mol. The zero-order chi connectivity index (χ0) is 52.9. The number of carbonyl (C=O) groups excluding carboxylic acids is 3. The molecule has 0 heterocycles. The van der Waals surface area contributed by atoms with E-state index in [-0.39, 0.29) is 31.1 Å². The summed E-state index contributed by atoms with van der Waals surface area (Å²) in [5, 5.41) is 0. The van der Waals surface area contributed by atoms with Crippen LogP contribution in [0.3, 0.4) is 0 Å². The summed E-state index contributed by atoms with van der Waals surface area (Å²) in [5.41, 5.74) is 0. The minimum atomic E-state index is -0.797. The Kier molecular flexibility index (Phi) is 56.9. The molecule has 6 nitrogen and oxygen atoms in total. The lowest BCUT2D eigenvalue weighted by molar-refractivity contribution is -0.167. The van der Waals surface area contributed by atoms with Gasteiger partial charge < -0.3 is 14.2 Å². The summed E-state index contributed by atoms with van der Waals surface area (Å²) >= 11 is 0. The molecule has 0 saturated carbocycles. The lowest BCUT2D eigenvalue weighted by Gasteiger charge is -2.18. The third-order valence-corrected chi connectivity index (χ3v) is 12.4. The Morgan fingerprint density at radius 3 is 0.836 bits per heavy atom. The van der Waals surface area contributed by atoms with Crippen LogP contribution in [0.2, 0.25) is 0 Å². The molecule has 6 heteroatoms. The quantitative estimate of drug-likeness (QED) is 0.0261. The highest BCUT2D eigenvalue weighted by Crippen LogP contribution is 2.15. The first-order valence-corrected chi connectivity index (χ1v) is 30.0. The Morgan fingerprint density at radius 2 is 0.534 bits per heavy atom. The van der Waals surface area contributed by atoms with Crippen LogP contribution >= 0.6 is 0 Å². The van der Waals surface area contributed by atoms with Crippen molar-refractivity contribution >= 4 is 17.9 Å². The van der Waals surface area contributed by atoms with Gasteiger partial charge in [-0.1, -0.05) is 245 Å². The summed E-state index contributed by atoms with van der Waals surface area (Å²) in [7, 11) is 0. The zero-order valence-electron chi connectivity index (χ0n) is 47.4. The van der Waals surface area contributed by atoms with Crippen LogP contribution in [0.4, 0.5) is 0 Å². The van der Waals surface area contributed by atoms with E-state index < -0.39 is 6.10 Å². The third kappa shape index (κ3) is 58.6. The average Bonchev–Trinajstić information content (AvgIpc) is 3.39. The predicted molar refractivity (Wildman–Crippen MR) is 316 cm³/mol. The van der Waals surface area contributed by atoms with Crippen LogP contribution in [0.5, 0.6) is 0 Å². The van der Waals surface area contributed by atoms with Crippen molar-refractivity contribution in [3.63, 3.8) is 0 Å². The van der Waals surface area contributed by atoms with E-state index in [1.807, 2.05) is 0 Å². The Bertz CT molecular complexity index is 1540. The molecule has 1 atom stereocenters. The maximum atomic E-state index is 12.9. The van der Waals surface area contributed by atoms with E-state index in [2.05, 4.69) is 142 Å². The lowest BCUT2D eigenvalue weighted by atomic mass is 10.1. The van der Waals surface area contributed by atoms with Crippen molar-refractivity contribution in [2.45, 2.75) is 271 Å². The van der Waals surface area contributed by atoms with E-state index in [4.69, 9.17) is 14.2 Å². The summed E-state index contributed by atoms with van der Waals surface area (Å²) in [6, 6.07) is 0. The summed E-state index contributed by atoms with van der Waals surface area (Å²) in [6.07, 6.45) is 83.3. The summed E-state index contributed by atoms with van der Waals surface area (Å²) < 4.78 is 16.9. The van der Waals surface area contributed by atoms with Crippen molar-refractivity contribution in [3.8, 4) is 0 Å². The van der Waals surface area contributed by atoms with Gasteiger partial charge in [0.1, 0.15) is 13.2 Å². The van der Waals surface area contributed by atoms with Crippen LogP contribution in [0, 0.1) is 0 Å². The smallest absolute Gasteiger partial charge is 0.306 e. The molecule has 0 aromatic heterocycles. The highest BCUT2D eigenvalue weighted by molar-refractivity contribution is 5.71. The van der Waals surface area contributed by atoms with E-state index in [0.29, 0.717) is 19.3 Å². The van der Waals surface area contributed by atoms with Crippen molar-refractivity contribution in [2.24, 2.45) is 0 Å². The molecule has 0 aliphatic heterocycles. The first-order valence-electron chi connectivity index (χ1n) is 30.0. The Hall–Kier alpha value is -4.19. The molecule has 0 bridgehead atoms. The van der Waals surface area contributed by atoms with Gasteiger partial charge in [-0.05, 0) is 122 Å². The molecule has 0 aliphatic rings. The standard InChI is InChI=1S/C67H110O6/c1-4-7-10-13-16-19-22-25-27-29-31-32-33-34-36-37-39-42-45-48-51-54-57-60-66(69)72-63-64(62-71-65(68)59-56-53-50-47-44-41-24-21-18-15-12-9-6-3)73-67(70)61-58-55-52-49-46-43-40-38-35-30-28-26-23-20-17-14-11-8-5-2/h7-8,10-12,15-17,19-21,24-28,31-32,35,38,64H,4-6,9,13-14,18,22-23,29-30,33-34,36-37,39-63H2,1-3H3/b10-7-,11-8-,15-12-,19-16-,20-17-,24-21-,27-25-,28-26-,32-31-,38-35-. The Labute approximate surface area is 450 Å². The number of hydrogen-bond acceptors (Lipinski definition) is 6. The van der Waals surface area contributed by atoms with Gasteiger partial charge in [-0.3, -0.25) is 14.4 Å². The number of hydrogen-bond donors (Lipinski definition) is 0. The summed E-state index contributed by atoms with van der Waals surface area (Å²) in [6.45, 7) is 6.33. The molecule has 73 heavy (non-hydrogen) atoms. The first-order chi connectivity index (χ1) is 36.0. The van der Waals surface area contributed by atoms with Gasteiger partial charge in [0.25, 0.3) is 0 Å². The molecule has 0 rings (SSSR count). The minimum Gasteiger partial charge on any atom is -0.462 e. The molecule has 0 aromatic rings. The van der Waals surface area contributed by atoms with E-state index in [0.717, 1.165) is 154 Å². The largest absolute Gasteiger partial charge is 0.462 e. The maximum absolute atomic E-state index is 12.9. The van der Waals surface area contributed by atoms with E-state index in [1.54, 1.807) is 0 Å². The number of carbonyl (C=O) groups is 3. The summed E-state index contributed by atoms with van der Waals surface area (Å²) in [5.74, 6) is -0.925. The van der Waals surface area contributed by atoms with E-state index >= 15 is 0 Å². The van der Waals surface area contributed by atoms with Gasteiger partial charge in [-0.25, -0.2) is 0 Å². The van der Waals surface area contributed by atoms with Crippen LogP contribution in [0.15, 0.2) is 122 Å². The fourth-order valence-electron chi connectivity index (χ4n) is 7.99. The lowest BCUT2D eigenvalue weighted by Crippen LogP contribution is -2.30. The first kappa shape index (κ1) is 68.8. The van der Waals surface area contributed by atoms with Gasteiger partial charge in [-0.2, -0.15) is 0 Å². The van der Waals surface area contributed by atoms with E-state index in [1.165, 1.54) is 70.6 Å².